The van der Waals surface area contributed by atoms with E-state index in [1.54, 1.807) is 19.1 Å². The minimum Gasteiger partial charge on any atom is -0.505 e. The molecule has 8 nitrogen and oxygen atoms in total. The second kappa shape index (κ2) is 10.6. The van der Waals surface area contributed by atoms with Gasteiger partial charge in [-0.3, -0.25) is 14.5 Å². The number of hydrogen-bond donors (Lipinski definition) is 1. The molecule has 2 aromatic carbocycles. The summed E-state index contributed by atoms with van der Waals surface area (Å²) in [6.45, 7) is 5.66. The summed E-state index contributed by atoms with van der Waals surface area (Å²) in [6.07, 6.45) is 1.84. The molecule has 1 saturated heterocycles. The van der Waals surface area contributed by atoms with Crippen molar-refractivity contribution in [2.24, 2.45) is 0 Å². The molecule has 206 valence electrons. The minimum absolute atomic E-state index is 0.0567. The first-order chi connectivity index (χ1) is 19.7. The average molecular weight is 586 g/mol. The Morgan fingerprint density at radius 1 is 1.02 bits per heavy atom. The number of aromatic nitrogens is 4. The van der Waals surface area contributed by atoms with Gasteiger partial charge in [-0.15, -0.1) is 10.2 Å². The number of hydrogen-bond acceptors (Lipinski definition) is 8. The number of halogens is 1. The summed E-state index contributed by atoms with van der Waals surface area (Å²) in [5.74, 6) is -1.75. The molecule has 3 aromatic heterocycles. The number of Topliss-reactive ketones (excluding diaryl/α,β-unsaturated/α-hetero) is 1. The fraction of sp³-hybridized carbons (Fsp3) is 0.167. The molecule has 5 aromatic rings. The van der Waals surface area contributed by atoms with E-state index in [4.69, 9.17) is 0 Å². The van der Waals surface area contributed by atoms with Crippen molar-refractivity contribution in [3.8, 4) is 0 Å². The first-order valence-electron chi connectivity index (χ1n) is 12.8. The van der Waals surface area contributed by atoms with Crippen LogP contribution in [0.5, 0.6) is 0 Å². The van der Waals surface area contributed by atoms with Crippen LogP contribution in [0.25, 0.3) is 11.4 Å². The molecular weight excluding hydrogens is 561 g/mol. The van der Waals surface area contributed by atoms with Gasteiger partial charge in [-0.05, 0) is 55.7 Å². The fourth-order valence-electron chi connectivity index (χ4n) is 4.85. The average Bonchev–Trinajstić information content (AvgIpc) is 3.64. The third kappa shape index (κ3) is 4.81. The van der Waals surface area contributed by atoms with Crippen LogP contribution >= 0.6 is 23.1 Å². The summed E-state index contributed by atoms with van der Waals surface area (Å²) in [7, 11) is 0. The van der Waals surface area contributed by atoms with Crippen LogP contribution in [0.15, 0.2) is 76.8 Å². The van der Waals surface area contributed by atoms with E-state index >= 15 is 0 Å². The van der Waals surface area contributed by atoms with Gasteiger partial charge in [-0.1, -0.05) is 71.1 Å². The number of thioether (sulfide) groups is 1. The van der Waals surface area contributed by atoms with Crippen LogP contribution in [0.1, 0.15) is 39.7 Å². The maximum absolute atomic E-state index is 13.6. The van der Waals surface area contributed by atoms with E-state index in [2.05, 4.69) is 15.2 Å². The monoisotopic (exact) mass is 585 g/mol. The Balaban J connectivity index is 1.43. The van der Waals surface area contributed by atoms with Gasteiger partial charge < -0.3 is 9.51 Å². The SMILES string of the molecule is Cc1ccc(C2/C(=C(\O)c3nc4c(C)cccn4c3C)C(=O)C(=O)N2c2nnc(SCc3ccc(F)cc3)s2)cc1. The van der Waals surface area contributed by atoms with Gasteiger partial charge >= 0.3 is 5.91 Å². The van der Waals surface area contributed by atoms with E-state index in [1.807, 2.05) is 60.8 Å². The highest BCUT2D eigenvalue weighted by atomic mass is 32.2. The third-order valence-electron chi connectivity index (χ3n) is 7.02. The molecule has 0 bridgehead atoms. The van der Waals surface area contributed by atoms with Crippen LogP contribution in [-0.4, -0.2) is 36.4 Å². The molecule has 1 aliphatic rings. The Bertz CT molecular complexity index is 1840. The van der Waals surface area contributed by atoms with Gasteiger partial charge in [0.25, 0.3) is 5.78 Å². The summed E-state index contributed by atoms with van der Waals surface area (Å²) in [5.41, 5.74) is 4.94. The zero-order chi connectivity index (χ0) is 28.8. The standard InChI is InChI=1S/C30H24FN5O3S2/c1-16-6-10-20(11-7-16)24-22(25(37)23-18(3)35-14-4-5-17(2)27(35)32-23)26(38)28(39)36(24)29-33-34-30(41-29)40-15-19-8-12-21(31)13-9-19/h4-14,24,37H,15H2,1-3H3/b25-22+. The van der Waals surface area contributed by atoms with Crippen LogP contribution in [-0.2, 0) is 15.3 Å². The topological polar surface area (TPSA) is 101 Å². The summed E-state index contributed by atoms with van der Waals surface area (Å²) in [5, 5.41) is 20.3. The maximum atomic E-state index is 13.6. The number of carbonyl (C=O) groups is 2. The van der Waals surface area contributed by atoms with Crippen molar-refractivity contribution in [3.63, 3.8) is 0 Å². The van der Waals surface area contributed by atoms with Crippen molar-refractivity contribution in [1.29, 1.82) is 0 Å². The van der Waals surface area contributed by atoms with Gasteiger partial charge in [0.2, 0.25) is 5.13 Å². The van der Waals surface area contributed by atoms with Crippen LogP contribution < -0.4 is 4.90 Å². The molecule has 11 heteroatoms. The summed E-state index contributed by atoms with van der Waals surface area (Å²) in [6, 6.07) is 16.5. The lowest BCUT2D eigenvalue weighted by molar-refractivity contribution is -0.132. The first-order valence-corrected chi connectivity index (χ1v) is 14.6. The van der Waals surface area contributed by atoms with Crippen molar-refractivity contribution >= 4 is 51.3 Å². The number of carbonyl (C=O) groups excluding carboxylic acids is 2. The molecular formula is C30H24FN5O3S2. The van der Waals surface area contributed by atoms with Gasteiger partial charge in [0.1, 0.15) is 17.2 Å². The highest BCUT2D eigenvalue weighted by Crippen LogP contribution is 2.44. The number of imidazole rings is 1. The Labute approximate surface area is 243 Å². The first kappa shape index (κ1) is 26.9. The molecule has 1 aliphatic heterocycles. The van der Waals surface area contributed by atoms with Crippen molar-refractivity contribution in [2.75, 3.05) is 4.90 Å². The summed E-state index contributed by atoms with van der Waals surface area (Å²) in [4.78, 5) is 33.0. The molecule has 1 unspecified atom stereocenters. The number of fused-ring (bicyclic) bond motifs is 1. The number of anilines is 1. The molecule has 0 radical (unpaired) electrons. The lowest BCUT2D eigenvalue weighted by Gasteiger charge is -2.22. The van der Waals surface area contributed by atoms with Gasteiger partial charge in [0.05, 0.1) is 17.3 Å². The predicted octanol–water partition coefficient (Wildman–Crippen LogP) is 6.17. The lowest BCUT2D eigenvalue weighted by Crippen LogP contribution is -2.29. The highest BCUT2D eigenvalue weighted by Gasteiger charge is 2.48. The van der Waals surface area contributed by atoms with Crippen molar-refractivity contribution in [2.45, 2.75) is 36.9 Å². The van der Waals surface area contributed by atoms with Crippen molar-refractivity contribution < 1.29 is 19.1 Å². The zero-order valence-electron chi connectivity index (χ0n) is 22.3. The predicted molar refractivity (Wildman–Crippen MR) is 156 cm³/mol. The van der Waals surface area contributed by atoms with E-state index in [0.717, 1.165) is 16.7 Å². The normalized spacial score (nSPS) is 16.7. The Morgan fingerprint density at radius 3 is 2.46 bits per heavy atom. The number of aryl methyl sites for hydroxylation is 3. The second-order valence-corrected chi connectivity index (χ2v) is 12.0. The van der Waals surface area contributed by atoms with E-state index in [0.29, 0.717) is 27.0 Å². The molecule has 0 aliphatic carbocycles. The van der Waals surface area contributed by atoms with Gasteiger partial charge in [0, 0.05) is 11.9 Å². The maximum Gasteiger partial charge on any atom is 0.301 e. The Hall–Kier alpha value is -4.35. The molecule has 1 fully saturated rings. The number of rotatable bonds is 6. The quantitative estimate of drug-likeness (QED) is 0.0836. The van der Waals surface area contributed by atoms with Crippen LogP contribution in [0.2, 0.25) is 0 Å². The number of pyridine rings is 1. The molecule has 1 atom stereocenters. The van der Waals surface area contributed by atoms with Gasteiger partial charge in [0.15, 0.2) is 10.1 Å². The molecule has 1 N–H and O–H groups in total. The van der Waals surface area contributed by atoms with E-state index in [9.17, 15) is 19.1 Å². The van der Waals surface area contributed by atoms with E-state index < -0.39 is 17.7 Å². The Morgan fingerprint density at radius 2 is 1.76 bits per heavy atom. The number of nitrogens with zero attached hydrogens (tertiary/aromatic N) is 5. The van der Waals surface area contributed by atoms with Gasteiger partial charge in [-0.25, -0.2) is 9.37 Å². The highest BCUT2D eigenvalue weighted by molar-refractivity contribution is 8.00. The van der Waals surface area contributed by atoms with Crippen molar-refractivity contribution in [1.82, 2.24) is 19.6 Å². The number of aliphatic hydroxyl groups excluding tert-OH is 1. The summed E-state index contributed by atoms with van der Waals surface area (Å²) >= 11 is 2.57. The number of benzene rings is 2. The molecule has 0 spiro atoms. The summed E-state index contributed by atoms with van der Waals surface area (Å²) < 4.78 is 15.7. The third-order valence-corrected chi connectivity index (χ3v) is 9.15. The number of amides is 1. The van der Waals surface area contributed by atoms with Crippen LogP contribution in [0.3, 0.4) is 0 Å². The second-order valence-electron chi connectivity index (χ2n) is 9.78. The van der Waals surface area contributed by atoms with Gasteiger partial charge in [-0.2, -0.15) is 0 Å². The fourth-order valence-corrected chi connectivity index (χ4v) is 6.68. The van der Waals surface area contributed by atoms with E-state index in [-0.39, 0.29) is 28.0 Å². The van der Waals surface area contributed by atoms with E-state index in [1.165, 1.54) is 40.1 Å². The Kier molecular flexibility index (Phi) is 6.92. The molecule has 4 heterocycles. The lowest BCUT2D eigenvalue weighted by atomic mass is 9.96. The number of ketones is 1. The largest absolute Gasteiger partial charge is 0.505 e. The van der Waals surface area contributed by atoms with Crippen LogP contribution in [0, 0.1) is 26.6 Å². The zero-order valence-corrected chi connectivity index (χ0v) is 24.0. The molecule has 0 saturated carbocycles. The molecule has 1 amide bonds. The smallest absolute Gasteiger partial charge is 0.301 e. The molecule has 6 rings (SSSR count). The molecule has 41 heavy (non-hydrogen) atoms. The van der Waals surface area contributed by atoms with Crippen molar-refractivity contribution in [3.05, 3.63) is 112 Å². The van der Waals surface area contributed by atoms with Crippen LogP contribution in [0.4, 0.5) is 9.52 Å². The minimum atomic E-state index is -0.927. The number of aliphatic hydroxyl groups is 1.